The van der Waals surface area contributed by atoms with Crippen molar-refractivity contribution in [1.29, 1.82) is 0 Å². The predicted octanol–water partition coefficient (Wildman–Crippen LogP) is 3.86. The van der Waals surface area contributed by atoms with Crippen LogP contribution in [-0.4, -0.2) is 38.3 Å². The van der Waals surface area contributed by atoms with Gasteiger partial charge in [-0.05, 0) is 30.2 Å². The Labute approximate surface area is 161 Å². The first-order valence-corrected chi connectivity index (χ1v) is 10.4. The van der Waals surface area contributed by atoms with Gasteiger partial charge in [-0.25, -0.2) is 4.98 Å². The van der Waals surface area contributed by atoms with Gasteiger partial charge < -0.3 is 14.4 Å². The summed E-state index contributed by atoms with van der Waals surface area (Å²) in [5.41, 5.74) is 1.99. The summed E-state index contributed by atoms with van der Waals surface area (Å²) in [6.07, 6.45) is 5.08. The maximum absolute atomic E-state index is 11.8. The summed E-state index contributed by atoms with van der Waals surface area (Å²) in [6, 6.07) is 6.29. The predicted molar refractivity (Wildman–Crippen MR) is 103 cm³/mol. The van der Waals surface area contributed by atoms with Crippen molar-refractivity contribution in [1.82, 2.24) is 4.98 Å². The van der Waals surface area contributed by atoms with Crippen LogP contribution in [0.4, 0.5) is 5.69 Å². The van der Waals surface area contributed by atoms with Crippen molar-refractivity contribution >= 4 is 34.7 Å². The van der Waals surface area contributed by atoms with E-state index in [9.17, 15) is 4.79 Å². The molecule has 0 unspecified atom stereocenters. The zero-order valence-electron chi connectivity index (χ0n) is 15.0. The SMILES string of the molecule is COC1(c2cnc(Sc3ccc4c(c3)CCC(=O)N4C)s2)CCOCC1. The standard InChI is InChI=1S/C19H22N2O3S2/c1-21-15-5-4-14(11-13(15)3-6-17(21)22)25-18-20-12-16(26-18)19(23-2)7-9-24-10-8-19/h4-5,11-12H,3,6-10H2,1-2H3. The summed E-state index contributed by atoms with van der Waals surface area (Å²) >= 11 is 3.38. The number of benzene rings is 1. The topological polar surface area (TPSA) is 51.7 Å². The lowest BCUT2D eigenvalue weighted by Gasteiger charge is -2.34. The molecule has 1 saturated heterocycles. The minimum atomic E-state index is -0.256. The fourth-order valence-electron chi connectivity index (χ4n) is 3.57. The number of amides is 1. The summed E-state index contributed by atoms with van der Waals surface area (Å²) < 4.78 is 12.4. The third-order valence-corrected chi connectivity index (χ3v) is 7.47. The molecule has 5 nitrogen and oxygen atoms in total. The molecule has 7 heteroatoms. The number of hydrogen-bond acceptors (Lipinski definition) is 6. The maximum Gasteiger partial charge on any atom is 0.227 e. The molecule has 26 heavy (non-hydrogen) atoms. The zero-order valence-corrected chi connectivity index (χ0v) is 16.6. The molecule has 0 atom stereocenters. The molecule has 1 aromatic heterocycles. The Morgan fingerprint density at radius 2 is 2.12 bits per heavy atom. The van der Waals surface area contributed by atoms with Crippen molar-refractivity contribution in [3.63, 3.8) is 0 Å². The van der Waals surface area contributed by atoms with E-state index in [1.807, 2.05) is 19.3 Å². The molecule has 138 valence electrons. The summed E-state index contributed by atoms with van der Waals surface area (Å²) in [6.45, 7) is 1.45. The summed E-state index contributed by atoms with van der Waals surface area (Å²) in [5, 5.41) is 0. The van der Waals surface area contributed by atoms with Crippen LogP contribution in [0.5, 0.6) is 0 Å². The van der Waals surface area contributed by atoms with Gasteiger partial charge in [0.15, 0.2) is 4.34 Å². The molecule has 4 rings (SSSR count). The average molecular weight is 391 g/mol. The number of carbonyl (C=O) groups excluding carboxylic acids is 1. The van der Waals surface area contributed by atoms with E-state index in [1.54, 1.807) is 35.1 Å². The van der Waals surface area contributed by atoms with Gasteiger partial charge in [0.25, 0.3) is 0 Å². The van der Waals surface area contributed by atoms with Gasteiger partial charge in [-0.2, -0.15) is 0 Å². The van der Waals surface area contributed by atoms with Crippen LogP contribution in [0, 0.1) is 0 Å². The molecule has 0 spiro atoms. The third kappa shape index (κ3) is 3.29. The second-order valence-corrected chi connectivity index (χ2v) is 9.00. The van der Waals surface area contributed by atoms with Gasteiger partial charge in [0.2, 0.25) is 5.91 Å². The highest BCUT2D eigenvalue weighted by Gasteiger charge is 2.36. The second-order valence-electron chi connectivity index (χ2n) is 6.65. The number of hydrogen-bond donors (Lipinski definition) is 0. The summed E-state index contributed by atoms with van der Waals surface area (Å²) in [7, 11) is 3.62. The lowest BCUT2D eigenvalue weighted by molar-refractivity contribution is -0.118. The Bertz CT molecular complexity index is 815. The highest BCUT2D eigenvalue weighted by atomic mass is 32.2. The van der Waals surface area contributed by atoms with E-state index in [0.29, 0.717) is 6.42 Å². The Morgan fingerprint density at radius 3 is 2.88 bits per heavy atom. The van der Waals surface area contributed by atoms with Gasteiger partial charge in [0, 0.05) is 63.4 Å². The Morgan fingerprint density at radius 1 is 1.31 bits per heavy atom. The minimum absolute atomic E-state index is 0.184. The molecule has 0 aliphatic carbocycles. The Balaban J connectivity index is 1.54. The average Bonchev–Trinajstić information content (AvgIpc) is 3.14. The van der Waals surface area contributed by atoms with Crippen LogP contribution in [0.2, 0.25) is 0 Å². The number of aryl methyl sites for hydroxylation is 1. The van der Waals surface area contributed by atoms with Crippen molar-refractivity contribution < 1.29 is 14.3 Å². The van der Waals surface area contributed by atoms with Gasteiger partial charge in [0.1, 0.15) is 5.60 Å². The number of methoxy groups -OCH3 is 1. The molecule has 2 aliphatic rings. The van der Waals surface area contributed by atoms with Gasteiger partial charge in [0.05, 0.1) is 4.88 Å². The third-order valence-electron chi connectivity index (χ3n) is 5.22. The molecule has 1 fully saturated rings. The van der Waals surface area contributed by atoms with Crippen LogP contribution in [0.15, 0.2) is 33.6 Å². The molecule has 2 aliphatic heterocycles. The highest BCUT2D eigenvalue weighted by Crippen LogP contribution is 2.42. The number of anilines is 1. The molecule has 0 radical (unpaired) electrons. The number of ether oxygens (including phenoxy) is 2. The zero-order chi connectivity index (χ0) is 18.1. The molecule has 3 heterocycles. The molecule has 2 aromatic rings. The smallest absolute Gasteiger partial charge is 0.227 e. The van der Waals surface area contributed by atoms with E-state index in [4.69, 9.17) is 9.47 Å². The molecule has 0 N–H and O–H groups in total. The Hall–Kier alpha value is -1.41. The maximum atomic E-state index is 11.8. The van der Waals surface area contributed by atoms with E-state index < -0.39 is 0 Å². The fraction of sp³-hybridized carbons (Fsp3) is 0.474. The first-order chi connectivity index (χ1) is 12.6. The lowest BCUT2D eigenvalue weighted by Crippen LogP contribution is -2.34. The normalized spacial score (nSPS) is 19.5. The van der Waals surface area contributed by atoms with E-state index in [0.717, 1.165) is 47.4 Å². The highest BCUT2D eigenvalue weighted by molar-refractivity contribution is 8.01. The first-order valence-electron chi connectivity index (χ1n) is 8.78. The second kappa shape index (κ2) is 7.31. The van der Waals surface area contributed by atoms with Gasteiger partial charge in [-0.1, -0.05) is 11.8 Å². The molecular formula is C19H22N2O3S2. The van der Waals surface area contributed by atoms with Crippen LogP contribution in [-0.2, 0) is 26.3 Å². The fourth-order valence-corrected chi connectivity index (χ4v) is 5.81. The van der Waals surface area contributed by atoms with Crippen molar-refractivity contribution in [3.05, 3.63) is 34.8 Å². The van der Waals surface area contributed by atoms with Gasteiger partial charge in [-0.15, -0.1) is 11.3 Å². The van der Waals surface area contributed by atoms with Crippen LogP contribution in [0.25, 0.3) is 0 Å². The van der Waals surface area contributed by atoms with Crippen LogP contribution >= 0.6 is 23.1 Å². The summed E-state index contributed by atoms with van der Waals surface area (Å²) in [4.78, 5) is 20.5. The minimum Gasteiger partial charge on any atom is -0.381 e. The largest absolute Gasteiger partial charge is 0.381 e. The van der Waals surface area contributed by atoms with E-state index >= 15 is 0 Å². The first kappa shape index (κ1) is 18.0. The van der Waals surface area contributed by atoms with Gasteiger partial charge in [-0.3, -0.25) is 4.79 Å². The summed E-state index contributed by atoms with van der Waals surface area (Å²) in [5.74, 6) is 0.184. The molecule has 1 aromatic carbocycles. The number of fused-ring (bicyclic) bond motifs is 1. The van der Waals surface area contributed by atoms with Crippen molar-refractivity contribution in [3.8, 4) is 0 Å². The molecule has 1 amide bonds. The molecule has 0 saturated carbocycles. The Kier molecular flexibility index (Phi) is 5.05. The number of rotatable bonds is 4. The van der Waals surface area contributed by atoms with Crippen molar-refractivity contribution in [2.45, 2.75) is 40.5 Å². The van der Waals surface area contributed by atoms with Crippen LogP contribution in [0.1, 0.15) is 29.7 Å². The quantitative estimate of drug-likeness (QED) is 0.794. The number of thiazole rings is 1. The van der Waals surface area contributed by atoms with Gasteiger partial charge >= 0.3 is 0 Å². The lowest BCUT2D eigenvalue weighted by atomic mass is 9.93. The monoisotopic (exact) mass is 390 g/mol. The van der Waals surface area contributed by atoms with E-state index in [2.05, 4.69) is 17.1 Å². The number of nitrogens with zero attached hydrogens (tertiary/aromatic N) is 2. The number of carbonyl (C=O) groups is 1. The van der Waals surface area contributed by atoms with Crippen LogP contribution < -0.4 is 4.90 Å². The van der Waals surface area contributed by atoms with E-state index in [1.165, 1.54) is 10.4 Å². The van der Waals surface area contributed by atoms with Crippen LogP contribution in [0.3, 0.4) is 0 Å². The molecule has 0 bridgehead atoms. The molecular weight excluding hydrogens is 368 g/mol. The van der Waals surface area contributed by atoms with E-state index in [-0.39, 0.29) is 11.5 Å². The number of aromatic nitrogens is 1. The van der Waals surface area contributed by atoms with Crippen molar-refractivity contribution in [2.24, 2.45) is 0 Å². The van der Waals surface area contributed by atoms with Crippen molar-refractivity contribution in [2.75, 3.05) is 32.3 Å².